The van der Waals surface area contributed by atoms with E-state index in [1.54, 1.807) is 16.8 Å². The number of rotatable bonds is 5. The van der Waals surface area contributed by atoms with Gasteiger partial charge in [-0.15, -0.1) is 5.10 Å². The van der Waals surface area contributed by atoms with Crippen molar-refractivity contribution in [2.24, 2.45) is 5.73 Å². The van der Waals surface area contributed by atoms with Crippen molar-refractivity contribution >= 4 is 21.4 Å². The van der Waals surface area contributed by atoms with Gasteiger partial charge in [-0.25, -0.2) is 13.9 Å². The van der Waals surface area contributed by atoms with E-state index in [2.05, 4.69) is 10.1 Å². The van der Waals surface area contributed by atoms with Crippen molar-refractivity contribution in [1.29, 1.82) is 0 Å². The van der Waals surface area contributed by atoms with Gasteiger partial charge in [-0.1, -0.05) is 11.3 Å². The van der Waals surface area contributed by atoms with Crippen LogP contribution in [0.5, 0.6) is 5.75 Å². The van der Waals surface area contributed by atoms with Crippen LogP contribution >= 0.6 is 11.3 Å². The van der Waals surface area contributed by atoms with Crippen molar-refractivity contribution in [2.45, 2.75) is 18.9 Å². The first-order chi connectivity index (χ1) is 12.5. The fourth-order valence-corrected chi connectivity index (χ4v) is 4.06. The third kappa shape index (κ3) is 2.91. The molecule has 9 heteroatoms. The van der Waals surface area contributed by atoms with Gasteiger partial charge < -0.3 is 20.5 Å². The summed E-state index contributed by atoms with van der Waals surface area (Å²) in [6, 6.07) is 4.44. The second kappa shape index (κ2) is 6.49. The van der Waals surface area contributed by atoms with Gasteiger partial charge in [0.2, 0.25) is 10.1 Å². The maximum Gasteiger partial charge on any atom is 0.214 e. The molecule has 0 saturated carbocycles. The fourth-order valence-electron chi connectivity index (χ4n) is 3.16. The monoisotopic (exact) mass is 377 g/mol. The van der Waals surface area contributed by atoms with Crippen LogP contribution in [0, 0.1) is 5.82 Å². The first kappa shape index (κ1) is 17.2. The lowest BCUT2D eigenvalue weighted by atomic mass is 10.0. The van der Waals surface area contributed by atoms with Crippen molar-refractivity contribution < 1.29 is 14.2 Å². The molecule has 138 valence electrons. The SMILES string of the molecule is CCOc1cc(F)ccc1-c1cnc2sc(N3CCC(O)(CN)C3)nn12. The predicted octanol–water partition coefficient (Wildman–Crippen LogP) is 1.90. The number of β-amino-alcohol motifs (C(OH)–C–C–N with tert-alkyl or cyclic N) is 1. The molecule has 4 rings (SSSR count). The van der Waals surface area contributed by atoms with Gasteiger partial charge in [0.05, 0.1) is 30.6 Å². The lowest BCUT2D eigenvalue weighted by molar-refractivity contribution is 0.0725. The number of imidazole rings is 1. The Hall–Kier alpha value is -2.23. The number of aromatic nitrogens is 3. The summed E-state index contributed by atoms with van der Waals surface area (Å²) in [5.41, 5.74) is 6.27. The molecule has 0 amide bonds. The van der Waals surface area contributed by atoms with Crippen molar-refractivity contribution in [1.82, 2.24) is 14.6 Å². The lowest BCUT2D eigenvalue weighted by Crippen LogP contribution is -2.40. The van der Waals surface area contributed by atoms with Crippen molar-refractivity contribution in [3.8, 4) is 17.0 Å². The van der Waals surface area contributed by atoms with E-state index in [1.807, 2.05) is 11.8 Å². The Morgan fingerprint density at radius 1 is 1.46 bits per heavy atom. The zero-order valence-electron chi connectivity index (χ0n) is 14.4. The zero-order valence-corrected chi connectivity index (χ0v) is 15.2. The fraction of sp³-hybridized carbons (Fsp3) is 0.412. The van der Waals surface area contributed by atoms with Crippen molar-refractivity contribution in [2.75, 3.05) is 31.1 Å². The summed E-state index contributed by atoms with van der Waals surface area (Å²) in [5.74, 6) is 0.109. The average Bonchev–Trinajstić information content (AvgIpc) is 3.30. The standard InChI is InChI=1S/C17H20FN5O2S/c1-2-25-14-7-11(18)3-4-12(14)13-8-20-15-23(13)21-16(26-15)22-6-5-17(24,9-19)10-22/h3-4,7-8,24H,2,5-6,9-10,19H2,1H3. The van der Waals surface area contributed by atoms with E-state index >= 15 is 0 Å². The molecule has 7 nitrogen and oxygen atoms in total. The van der Waals surface area contributed by atoms with Gasteiger partial charge in [-0.05, 0) is 25.5 Å². The quantitative estimate of drug-likeness (QED) is 0.706. The molecule has 3 aromatic rings. The second-order valence-electron chi connectivity index (χ2n) is 6.40. The van der Waals surface area contributed by atoms with Gasteiger partial charge in [-0.2, -0.15) is 0 Å². The van der Waals surface area contributed by atoms with E-state index < -0.39 is 5.60 Å². The smallest absolute Gasteiger partial charge is 0.214 e. The summed E-state index contributed by atoms with van der Waals surface area (Å²) in [7, 11) is 0. The molecule has 0 bridgehead atoms. The maximum absolute atomic E-state index is 13.6. The van der Waals surface area contributed by atoms with Gasteiger partial charge in [0.1, 0.15) is 11.6 Å². The number of aliphatic hydroxyl groups is 1. The molecule has 1 aromatic carbocycles. The number of halogens is 1. The van der Waals surface area contributed by atoms with E-state index in [0.29, 0.717) is 31.9 Å². The summed E-state index contributed by atoms with van der Waals surface area (Å²) in [6.07, 6.45) is 2.32. The number of benzene rings is 1. The van der Waals surface area contributed by atoms with Crippen molar-refractivity contribution in [3.05, 3.63) is 30.2 Å². The third-order valence-corrected chi connectivity index (χ3v) is 5.56. The molecule has 3 heterocycles. The van der Waals surface area contributed by atoms with Crippen LogP contribution in [-0.4, -0.2) is 51.5 Å². The Balaban J connectivity index is 1.72. The molecule has 0 spiro atoms. The highest BCUT2D eigenvalue weighted by atomic mass is 32.1. The minimum Gasteiger partial charge on any atom is -0.493 e. The van der Waals surface area contributed by atoms with Gasteiger partial charge >= 0.3 is 0 Å². The second-order valence-corrected chi connectivity index (χ2v) is 7.33. The normalized spacial score (nSPS) is 20.2. The van der Waals surface area contributed by atoms with Crippen LogP contribution in [0.15, 0.2) is 24.4 Å². The number of anilines is 1. The Kier molecular flexibility index (Phi) is 4.29. The summed E-state index contributed by atoms with van der Waals surface area (Å²) in [4.78, 5) is 7.17. The highest BCUT2D eigenvalue weighted by Gasteiger charge is 2.36. The number of nitrogens with zero attached hydrogens (tertiary/aromatic N) is 4. The van der Waals surface area contributed by atoms with Crippen LogP contribution in [0.1, 0.15) is 13.3 Å². The molecule has 0 aliphatic carbocycles. The number of fused-ring (bicyclic) bond motifs is 1. The molecule has 1 fully saturated rings. The van der Waals surface area contributed by atoms with Gasteiger partial charge in [-0.3, -0.25) is 0 Å². The lowest BCUT2D eigenvalue weighted by Gasteiger charge is -2.20. The number of ether oxygens (including phenoxy) is 1. The molecule has 2 aromatic heterocycles. The zero-order chi connectivity index (χ0) is 18.3. The minimum absolute atomic E-state index is 0.227. The van der Waals surface area contributed by atoms with Crippen molar-refractivity contribution in [3.63, 3.8) is 0 Å². The highest BCUT2D eigenvalue weighted by molar-refractivity contribution is 7.20. The van der Waals surface area contributed by atoms with Crippen LogP contribution in [0.3, 0.4) is 0 Å². The van der Waals surface area contributed by atoms with E-state index in [0.717, 1.165) is 21.3 Å². The van der Waals surface area contributed by atoms with Crippen LogP contribution in [0.25, 0.3) is 16.2 Å². The van der Waals surface area contributed by atoms with E-state index in [4.69, 9.17) is 10.5 Å². The van der Waals surface area contributed by atoms with Crippen LogP contribution in [-0.2, 0) is 0 Å². The summed E-state index contributed by atoms with van der Waals surface area (Å²) < 4.78 is 20.9. The predicted molar refractivity (Wildman–Crippen MR) is 98.3 cm³/mol. The molecule has 1 atom stereocenters. The third-order valence-electron chi connectivity index (χ3n) is 4.58. The Labute approximate surface area is 153 Å². The molecule has 1 saturated heterocycles. The Bertz CT molecular complexity index is 943. The molecule has 1 aliphatic heterocycles. The van der Waals surface area contributed by atoms with E-state index in [1.165, 1.54) is 23.5 Å². The summed E-state index contributed by atoms with van der Waals surface area (Å²) in [6.45, 7) is 3.67. The first-order valence-corrected chi connectivity index (χ1v) is 9.29. The molecule has 1 aliphatic rings. The van der Waals surface area contributed by atoms with Gasteiger partial charge in [0, 0.05) is 24.7 Å². The van der Waals surface area contributed by atoms with Gasteiger partial charge in [0.15, 0.2) is 0 Å². The van der Waals surface area contributed by atoms with Crippen LogP contribution in [0.4, 0.5) is 9.52 Å². The molecular weight excluding hydrogens is 357 g/mol. The first-order valence-electron chi connectivity index (χ1n) is 8.48. The van der Waals surface area contributed by atoms with Crippen LogP contribution in [0.2, 0.25) is 0 Å². The number of nitrogens with two attached hydrogens (primary N) is 1. The molecule has 3 N–H and O–H groups in total. The largest absolute Gasteiger partial charge is 0.493 e. The van der Waals surface area contributed by atoms with Gasteiger partial charge in [0.25, 0.3) is 0 Å². The Morgan fingerprint density at radius 3 is 3.04 bits per heavy atom. The molecular formula is C17H20FN5O2S. The average molecular weight is 377 g/mol. The Morgan fingerprint density at radius 2 is 2.31 bits per heavy atom. The maximum atomic E-state index is 13.6. The molecule has 26 heavy (non-hydrogen) atoms. The number of hydrogen-bond acceptors (Lipinski definition) is 7. The molecule has 1 unspecified atom stereocenters. The number of hydrogen-bond donors (Lipinski definition) is 2. The summed E-state index contributed by atoms with van der Waals surface area (Å²) >= 11 is 1.44. The van der Waals surface area contributed by atoms with Crippen LogP contribution < -0.4 is 15.4 Å². The van der Waals surface area contributed by atoms with E-state index in [-0.39, 0.29) is 12.4 Å². The topological polar surface area (TPSA) is 88.9 Å². The molecule has 0 radical (unpaired) electrons. The highest BCUT2D eigenvalue weighted by Crippen LogP contribution is 2.35. The summed E-state index contributed by atoms with van der Waals surface area (Å²) in [5, 5.41) is 15.8. The minimum atomic E-state index is -0.865. The van der Waals surface area contributed by atoms with E-state index in [9.17, 15) is 9.50 Å².